The fourth-order valence-electron chi connectivity index (χ4n) is 3.97. The van der Waals surface area contributed by atoms with Crippen molar-refractivity contribution in [2.45, 2.75) is 29.5 Å². The first-order chi connectivity index (χ1) is 16.2. The monoisotopic (exact) mass is 513 g/mol. The lowest BCUT2D eigenvalue weighted by Gasteiger charge is -2.23. The van der Waals surface area contributed by atoms with E-state index in [2.05, 4.69) is 10.2 Å². The molecule has 1 aliphatic heterocycles. The molecule has 1 N–H and O–H groups in total. The van der Waals surface area contributed by atoms with E-state index in [4.69, 9.17) is 21.1 Å². The van der Waals surface area contributed by atoms with E-state index in [0.717, 1.165) is 4.57 Å². The molecule has 0 saturated carbocycles. The van der Waals surface area contributed by atoms with Gasteiger partial charge in [0.2, 0.25) is 5.82 Å². The van der Waals surface area contributed by atoms with Crippen molar-refractivity contribution in [1.82, 2.24) is 14.8 Å². The Morgan fingerprint density at radius 1 is 1.18 bits per heavy atom. The zero-order valence-electron chi connectivity index (χ0n) is 18.0. The lowest BCUT2D eigenvalue weighted by molar-refractivity contribution is -0.146. The minimum absolute atomic E-state index is 0.0199. The third-order valence-corrected chi connectivity index (χ3v) is 7.17. The molecule has 1 aliphatic rings. The van der Waals surface area contributed by atoms with E-state index in [9.17, 15) is 23.1 Å². The molecule has 0 bridgehead atoms. The fraction of sp³-hybridized carbons (Fsp3) is 0.318. The summed E-state index contributed by atoms with van der Waals surface area (Å²) in [6.07, 6.45) is -5.00. The van der Waals surface area contributed by atoms with Crippen LogP contribution in [0.3, 0.4) is 0 Å². The van der Waals surface area contributed by atoms with Crippen LogP contribution in [-0.2, 0) is 11.0 Å². The van der Waals surface area contributed by atoms with Crippen LogP contribution >= 0.6 is 23.4 Å². The van der Waals surface area contributed by atoms with Crippen LogP contribution in [0.4, 0.5) is 13.2 Å². The molecule has 180 valence electrons. The van der Waals surface area contributed by atoms with Crippen molar-refractivity contribution in [3.8, 4) is 17.2 Å². The Morgan fingerprint density at radius 2 is 1.94 bits per heavy atom. The van der Waals surface area contributed by atoms with Gasteiger partial charge in [-0.15, -0.1) is 22.0 Å². The van der Waals surface area contributed by atoms with E-state index in [0.29, 0.717) is 27.6 Å². The van der Waals surface area contributed by atoms with Gasteiger partial charge in [-0.05, 0) is 36.2 Å². The van der Waals surface area contributed by atoms with E-state index in [1.807, 2.05) is 0 Å². The van der Waals surface area contributed by atoms with Crippen molar-refractivity contribution in [1.29, 1.82) is 0 Å². The van der Waals surface area contributed by atoms with Gasteiger partial charge in [0.25, 0.3) is 0 Å². The highest BCUT2D eigenvalue weighted by Crippen LogP contribution is 2.54. The Balaban J connectivity index is 2.00. The Hall–Kier alpha value is -2.92. The number of benzene rings is 2. The van der Waals surface area contributed by atoms with Crippen LogP contribution in [0.5, 0.6) is 11.5 Å². The lowest BCUT2D eigenvalue weighted by Crippen LogP contribution is -2.16. The molecule has 0 radical (unpaired) electrons. The lowest BCUT2D eigenvalue weighted by atomic mass is 10.0. The van der Waals surface area contributed by atoms with Gasteiger partial charge in [-0.25, -0.2) is 0 Å². The predicted molar refractivity (Wildman–Crippen MR) is 120 cm³/mol. The van der Waals surface area contributed by atoms with Crippen LogP contribution in [-0.4, -0.2) is 40.1 Å². The number of carboxylic acids is 1. The Bertz CT molecular complexity index is 1230. The topological polar surface area (TPSA) is 86.5 Å². The van der Waals surface area contributed by atoms with Gasteiger partial charge in [0.15, 0.2) is 17.3 Å². The van der Waals surface area contributed by atoms with Crippen LogP contribution in [0, 0.1) is 0 Å². The first kappa shape index (κ1) is 24.2. The maximum Gasteiger partial charge on any atom is 0.452 e. The summed E-state index contributed by atoms with van der Waals surface area (Å²) >= 11 is 7.55. The van der Waals surface area contributed by atoms with Gasteiger partial charge in [-0.3, -0.25) is 9.36 Å². The van der Waals surface area contributed by atoms with Crippen molar-refractivity contribution in [2.24, 2.45) is 0 Å². The number of halogens is 4. The maximum atomic E-state index is 13.9. The molecule has 0 aliphatic carbocycles. The van der Waals surface area contributed by atoms with Crippen LogP contribution in [0.25, 0.3) is 5.69 Å². The second kappa shape index (κ2) is 9.38. The summed E-state index contributed by atoms with van der Waals surface area (Å²) in [5, 5.41) is 15.6. The summed E-state index contributed by atoms with van der Waals surface area (Å²) in [6, 6.07) is 9.82. The zero-order valence-corrected chi connectivity index (χ0v) is 19.5. The molecule has 0 saturated heterocycles. The highest BCUT2D eigenvalue weighted by Gasteiger charge is 2.43. The molecule has 0 amide bonds. The third-order valence-electron chi connectivity index (χ3n) is 5.38. The number of thioether (sulfide) groups is 1. The van der Waals surface area contributed by atoms with Crippen LogP contribution < -0.4 is 9.47 Å². The molecule has 0 unspecified atom stereocenters. The van der Waals surface area contributed by atoms with Gasteiger partial charge in [0.05, 0.1) is 30.4 Å². The molecule has 2 aromatic carbocycles. The molecule has 4 rings (SSSR count). The number of methoxy groups -OCH3 is 2. The summed E-state index contributed by atoms with van der Waals surface area (Å²) in [5.41, 5.74) is 1.33. The minimum atomic E-state index is -4.78. The van der Waals surface area contributed by atoms with E-state index >= 15 is 0 Å². The number of hydrogen-bond acceptors (Lipinski definition) is 6. The first-order valence-corrected chi connectivity index (χ1v) is 11.4. The Labute approximate surface area is 201 Å². The number of ether oxygens (including phenoxy) is 2. The van der Waals surface area contributed by atoms with Gasteiger partial charge in [-0.1, -0.05) is 23.7 Å². The van der Waals surface area contributed by atoms with Crippen LogP contribution in [0.15, 0.2) is 36.4 Å². The minimum Gasteiger partial charge on any atom is -0.493 e. The highest BCUT2D eigenvalue weighted by molar-refractivity contribution is 8.00. The molecule has 2 heterocycles. The molecular formula is C22H19ClF3N3O4S. The van der Waals surface area contributed by atoms with Gasteiger partial charge in [0.1, 0.15) is 0 Å². The molecule has 34 heavy (non-hydrogen) atoms. The fourth-order valence-corrected chi connectivity index (χ4v) is 5.68. The average Bonchev–Trinajstić information content (AvgIpc) is 3.19. The second-order valence-corrected chi connectivity index (χ2v) is 9.19. The van der Waals surface area contributed by atoms with E-state index < -0.39 is 28.5 Å². The van der Waals surface area contributed by atoms with Crippen molar-refractivity contribution in [3.05, 3.63) is 64.2 Å². The van der Waals surface area contributed by atoms with E-state index in [1.165, 1.54) is 38.1 Å². The quantitative estimate of drug-likeness (QED) is 0.452. The largest absolute Gasteiger partial charge is 0.493 e. The summed E-state index contributed by atoms with van der Waals surface area (Å²) < 4.78 is 53.7. The number of aromatic nitrogens is 3. The average molecular weight is 514 g/mol. The van der Waals surface area contributed by atoms with Crippen LogP contribution in [0.1, 0.15) is 46.1 Å². The number of para-hydroxylation sites is 1. The zero-order chi connectivity index (χ0) is 24.6. The number of carboxylic acid groups (broad SMARTS) is 1. The van der Waals surface area contributed by atoms with Gasteiger partial charge < -0.3 is 14.6 Å². The number of carbonyl (C=O) groups is 1. The first-order valence-electron chi connectivity index (χ1n) is 10.1. The van der Waals surface area contributed by atoms with Crippen LogP contribution in [0.2, 0.25) is 5.02 Å². The summed E-state index contributed by atoms with van der Waals surface area (Å²) in [5.74, 6) is -1.37. The van der Waals surface area contributed by atoms with Crippen molar-refractivity contribution >= 4 is 29.3 Å². The number of nitrogens with zero attached hydrogens (tertiary/aromatic N) is 3. The number of hydrogen-bond donors (Lipinski definition) is 1. The number of alkyl halides is 3. The summed E-state index contributed by atoms with van der Waals surface area (Å²) in [4.78, 5) is 11.3. The molecule has 3 aromatic rings. The molecule has 1 aromatic heterocycles. The molecule has 7 nitrogen and oxygen atoms in total. The third kappa shape index (κ3) is 4.41. The normalized spacial score (nSPS) is 17.5. The summed E-state index contributed by atoms with van der Waals surface area (Å²) in [7, 11) is 2.96. The Morgan fingerprint density at radius 3 is 2.59 bits per heavy atom. The molecule has 0 fully saturated rings. The highest BCUT2D eigenvalue weighted by atomic mass is 35.5. The van der Waals surface area contributed by atoms with Gasteiger partial charge in [-0.2, -0.15) is 13.2 Å². The maximum absolute atomic E-state index is 13.9. The van der Waals surface area contributed by atoms with Gasteiger partial charge in [0, 0.05) is 17.0 Å². The van der Waals surface area contributed by atoms with Crippen molar-refractivity contribution < 1.29 is 32.5 Å². The molecule has 12 heteroatoms. The van der Waals surface area contributed by atoms with Crippen molar-refractivity contribution in [3.63, 3.8) is 0 Å². The smallest absolute Gasteiger partial charge is 0.452 e. The predicted octanol–water partition coefficient (Wildman–Crippen LogP) is 5.70. The van der Waals surface area contributed by atoms with E-state index in [-0.39, 0.29) is 24.4 Å². The standard InChI is InChI=1S/C22H19ClF3N3O4S/c1-32-15-5-3-4-12(18(15)33-2)19-13-10-11(23)6-7-14(13)29-20(16(34-19)8-9-17(30)31)27-28-21(29)22(24,25)26/h3-7,10,16,19H,8-9H2,1-2H3,(H,30,31)/t16-,19-/m1/s1. The second-order valence-electron chi connectivity index (χ2n) is 7.44. The number of aliphatic carboxylic acids is 1. The summed E-state index contributed by atoms with van der Waals surface area (Å²) in [6.45, 7) is 0. The van der Waals surface area contributed by atoms with E-state index in [1.54, 1.807) is 24.3 Å². The van der Waals surface area contributed by atoms with Gasteiger partial charge >= 0.3 is 12.1 Å². The number of rotatable bonds is 6. The Kier molecular flexibility index (Phi) is 6.68. The molecule has 0 spiro atoms. The van der Waals surface area contributed by atoms with Crippen molar-refractivity contribution in [2.75, 3.05) is 14.2 Å². The molecule has 2 atom stereocenters. The molecular weight excluding hydrogens is 495 g/mol. The number of fused-ring (bicyclic) bond motifs is 3. The SMILES string of the molecule is COc1cccc([C@H]2S[C@H](CCC(=O)O)c3nnc(C(F)(F)F)n3-c3ccc(Cl)cc32)c1OC.